The zero-order chi connectivity index (χ0) is 15.0. The third kappa shape index (κ3) is 2.75. The Bertz CT molecular complexity index is 615. The number of nitrogens with zero attached hydrogens (tertiary/aromatic N) is 3. The molecule has 2 aromatic rings. The van der Waals surface area contributed by atoms with E-state index in [4.69, 9.17) is 5.73 Å². The van der Waals surface area contributed by atoms with Gasteiger partial charge >= 0.3 is 0 Å². The van der Waals surface area contributed by atoms with Crippen molar-refractivity contribution in [3.63, 3.8) is 0 Å². The molecule has 1 aliphatic heterocycles. The second kappa shape index (κ2) is 5.30. The molecule has 5 heteroatoms. The summed E-state index contributed by atoms with van der Waals surface area (Å²) < 4.78 is 4.38. The van der Waals surface area contributed by atoms with Gasteiger partial charge in [0, 0.05) is 25.5 Å². The molecular formula is C16H22N4S. The van der Waals surface area contributed by atoms with E-state index in [2.05, 4.69) is 35.0 Å². The molecule has 1 fully saturated rings. The monoisotopic (exact) mass is 302 g/mol. The molecule has 1 unspecified atom stereocenters. The zero-order valence-corrected chi connectivity index (χ0v) is 13.7. The number of anilines is 2. The lowest BCUT2D eigenvalue weighted by molar-refractivity contribution is 0.263. The Morgan fingerprint density at radius 2 is 2.00 bits per heavy atom. The highest BCUT2D eigenvalue weighted by atomic mass is 32.1. The second-order valence-electron chi connectivity index (χ2n) is 6.78. The van der Waals surface area contributed by atoms with Crippen molar-refractivity contribution < 1.29 is 0 Å². The first-order valence-corrected chi connectivity index (χ1v) is 8.14. The fraction of sp³-hybridized carbons (Fsp3) is 0.500. The molecule has 0 amide bonds. The average Bonchev–Trinajstić information content (AvgIpc) is 3.05. The Morgan fingerprint density at radius 1 is 1.29 bits per heavy atom. The molecule has 0 spiro atoms. The number of nitrogens with two attached hydrogens (primary N) is 1. The molecule has 3 rings (SSSR count). The van der Waals surface area contributed by atoms with Crippen LogP contribution in [-0.2, 0) is 0 Å². The molecule has 1 aliphatic rings. The van der Waals surface area contributed by atoms with Gasteiger partial charge in [-0.2, -0.15) is 4.37 Å². The molecule has 3 heterocycles. The van der Waals surface area contributed by atoms with Crippen LogP contribution in [0.3, 0.4) is 0 Å². The molecule has 2 aromatic heterocycles. The van der Waals surface area contributed by atoms with Crippen molar-refractivity contribution in [2.75, 3.05) is 23.7 Å². The zero-order valence-electron chi connectivity index (χ0n) is 12.8. The summed E-state index contributed by atoms with van der Waals surface area (Å²) in [5, 5.41) is 1.20. The Balaban J connectivity index is 1.92. The first-order chi connectivity index (χ1) is 9.97. The van der Waals surface area contributed by atoms with Crippen molar-refractivity contribution in [2.24, 2.45) is 11.3 Å². The Labute approximate surface area is 130 Å². The van der Waals surface area contributed by atoms with Crippen molar-refractivity contribution in [1.82, 2.24) is 9.36 Å². The molecular weight excluding hydrogens is 280 g/mol. The van der Waals surface area contributed by atoms with Crippen LogP contribution >= 0.6 is 11.5 Å². The fourth-order valence-electron chi connectivity index (χ4n) is 2.95. The third-order valence-corrected chi connectivity index (χ3v) is 5.29. The summed E-state index contributed by atoms with van der Waals surface area (Å²) in [6.45, 7) is 9.15. The van der Waals surface area contributed by atoms with Crippen LogP contribution in [0.15, 0.2) is 24.5 Å². The van der Waals surface area contributed by atoms with Crippen LogP contribution in [0.5, 0.6) is 0 Å². The predicted molar refractivity (Wildman–Crippen MR) is 89.5 cm³/mol. The normalized spacial score (nSPS) is 19.2. The van der Waals surface area contributed by atoms with E-state index in [1.54, 1.807) is 12.4 Å². The summed E-state index contributed by atoms with van der Waals surface area (Å²) >= 11 is 1.51. The van der Waals surface area contributed by atoms with E-state index in [0.29, 0.717) is 17.2 Å². The van der Waals surface area contributed by atoms with E-state index in [0.717, 1.165) is 24.2 Å². The van der Waals surface area contributed by atoms with E-state index in [1.807, 2.05) is 12.1 Å². The quantitative estimate of drug-likeness (QED) is 0.920. The molecule has 0 saturated carbocycles. The van der Waals surface area contributed by atoms with E-state index in [1.165, 1.54) is 23.0 Å². The van der Waals surface area contributed by atoms with Crippen molar-refractivity contribution in [3.05, 3.63) is 24.5 Å². The van der Waals surface area contributed by atoms with Crippen LogP contribution in [-0.4, -0.2) is 22.4 Å². The van der Waals surface area contributed by atoms with Crippen LogP contribution in [0, 0.1) is 11.3 Å². The molecule has 0 bridgehead atoms. The highest BCUT2D eigenvalue weighted by Crippen LogP contribution is 2.43. The van der Waals surface area contributed by atoms with E-state index in [-0.39, 0.29) is 0 Å². The molecule has 112 valence electrons. The third-order valence-electron chi connectivity index (χ3n) is 4.37. The maximum absolute atomic E-state index is 6.11. The highest BCUT2D eigenvalue weighted by molar-refractivity contribution is 7.11. The van der Waals surface area contributed by atoms with Crippen molar-refractivity contribution in [2.45, 2.75) is 27.2 Å². The van der Waals surface area contributed by atoms with Gasteiger partial charge in [0.25, 0.3) is 0 Å². The average molecular weight is 302 g/mol. The fourth-order valence-corrected chi connectivity index (χ4v) is 3.82. The van der Waals surface area contributed by atoms with Crippen LogP contribution in [0.4, 0.5) is 10.8 Å². The number of rotatable bonds is 2. The lowest BCUT2D eigenvalue weighted by atomic mass is 9.80. The minimum atomic E-state index is 0.349. The number of pyridine rings is 1. The number of hydrogen-bond acceptors (Lipinski definition) is 5. The maximum Gasteiger partial charge on any atom is 0.147 e. The minimum absolute atomic E-state index is 0.349. The van der Waals surface area contributed by atoms with Gasteiger partial charge in [-0.15, -0.1) is 0 Å². The first-order valence-electron chi connectivity index (χ1n) is 7.37. The van der Waals surface area contributed by atoms with Gasteiger partial charge in [-0.05, 0) is 47.0 Å². The van der Waals surface area contributed by atoms with Crippen LogP contribution in [0.2, 0.25) is 0 Å². The lowest BCUT2D eigenvalue weighted by Crippen LogP contribution is -2.25. The van der Waals surface area contributed by atoms with Gasteiger partial charge in [-0.3, -0.25) is 4.98 Å². The Hall–Kier alpha value is -1.62. The van der Waals surface area contributed by atoms with E-state index >= 15 is 0 Å². The van der Waals surface area contributed by atoms with Gasteiger partial charge in [-0.1, -0.05) is 20.8 Å². The molecule has 0 aromatic carbocycles. The summed E-state index contributed by atoms with van der Waals surface area (Å²) in [5.74, 6) is 1.34. The van der Waals surface area contributed by atoms with Gasteiger partial charge in [0.15, 0.2) is 0 Å². The number of nitrogen functional groups attached to an aromatic ring is 1. The smallest absolute Gasteiger partial charge is 0.147 e. The van der Waals surface area contributed by atoms with Crippen molar-refractivity contribution >= 4 is 22.4 Å². The van der Waals surface area contributed by atoms with E-state index in [9.17, 15) is 0 Å². The van der Waals surface area contributed by atoms with Gasteiger partial charge in [0.2, 0.25) is 0 Å². The van der Waals surface area contributed by atoms with Gasteiger partial charge in [0.1, 0.15) is 10.8 Å². The summed E-state index contributed by atoms with van der Waals surface area (Å²) in [6.07, 6.45) is 4.84. The summed E-state index contributed by atoms with van der Waals surface area (Å²) in [6, 6.07) is 4.00. The molecule has 0 radical (unpaired) electrons. The molecule has 2 N–H and O–H groups in total. The standard InChI is InChI=1S/C16H22N4S/c1-16(2,3)12-6-9-20(10-12)15-13(14(17)19-21-15)11-4-7-18-8-5-11/h4-5,7-8,12H,6,9-10H2,1-3H3,(H2,17,19). The van der Waals surface area contributed by atoms with Crippen molar-refractivity contribution in [3.8, 4) is 11.1 Å². The number of aromatic nitrogens is 2. The summed E-state index contributed by atoms with van der Waals surface area (Å²) in [4.78, 5) is 6.53. The first kappa shape index (κ1) is 14.3. The summed E-state index contributed by atoms with van der Waals surface area (Å²) in [5.41, 5.74) is 8.63. The minimum Gasteiger partial charge on any atom is -0.382 e. The van der Waals surface area contributed by atoms with Crippen LogP contribution < -0.4 is 10.6 Å². The second-order valence-corrected chi connectivity index (χ2v) is 7.53. The summed E-state index contributed by atoms with van der Waals surface area (Å²) in [7, 11) is 0. The highest BCUT2D eigenvalue weighted by Gasteiger charge is 2.33. The molecule has 1 saturated heterocycles. The largest absolute Gasteiger partial charge is 0.382 e. The predicted octanol–water partition coefficient (Wildman–Crippen LogP) is 3.66. The van der Waals surface area contributed by atoms with Gasteiger partial charge < -0.3 is 10.6 Å². The SMILES string of the molecule is CC(C)(C)C1CCN(c2snc(N)c2-c2ccncc2)C1. The van der Waals surface area contributed by atoms with Crippen LogP contribution in [0.25, 0.3) is 11.1 Å². The number of hydrogen-bond donors (Lipinski definition) is 1. The molecule has 0 aliphatic carbocycles. The molecule has 4 nitrogen and oxygen atoms in total. The maximum atomic E-state index is 6.11. The lowest BCUT2D eigenvalue weighted by Gasteiger charge is -2.27. The Morgan fingerprint density at radius 3 is 2.62 bits per heavy atom. The Kier molecular flexibility index (Phi) is 3.61. The van der Waals surface area contributed by atoms with Crippen molar-refractivity contribution in [1.29, 1.82) is 0 Å². The molecule has 1 atom stereocenters. The van der Waals surface area contributed by atoms with Crippen LogP contribution in [0.1, 0.15) is 27.2 Å². The van der Waals surface area contributed by atoms with E-state index < -0.39 is 0 Å². The topological polar surface area (TPSA) is 55.0 Å². The van der Waals surface area contributed by atoms with Gasteiger partial charge in [-0.25, -0.2) is 0 Å². The molecule has 21 heavy (non-hydrogen) atoms. The van der Waals surface area contributed by atoms with Gasteiger partial charge in [0.05, 0.1) is 5.56 Å².